The Morgan fingerprint density at radius 2 is 2.12 bits per heavy atom. The minimum absolute atomic E-state index is 0.0465. The maximum absolute atomic E-state index is 12.7. The number of amides is 1. The first-order valence-electron chi connectivity index (χ1n) is 9.19. The molecule has 1 N–H and O–H groups in total. The van der Waals surface area contributed by atoms with Gasteiger partial charge in [-0.2, -0.15) is 0 Å². The average Bonchev–Trinajstić information content (AvgIpc) is 3.18. The molecular weight excluding hydrogens is 352 g/mol. The summed E-state index contributed by atoms with van der Waals surface area (Å²) in [5, 5.41) is 0. The van der Waals surface area contributed by atoms with E-state index in [1.54, 1.807) is 23.1 Å². The van der Waals surface area contributed by atoms with Crippen LogP contribution in [0.15, 0.2) is 23.1 Å². The molecule has 0 spiro atoms. The van der Waals surface area contributed by atoms with Crippen molar-refractivity contribution in [2.45, 2.75) is 57.0 Å². The maximum atomic E-state index is 12.7. The lowest BCUT2D eigenvalue weighted by molar-refractivity contribution is -0.121. The van der Waals surface area contributed by atoms with Crippen LogP contribution in [0.5, 0.6) is 0 Å². The Bertz CT molecular complexity index is 796. The van der Waals surface area contributed by atoms with Gasteiger partial charge >= 0.3 is 0 Å². The van der Waals surface area contributed by atoms with Crippen molar-refractivity contribution in [3.05, 3.63) is 23.8 Å². The van der Waals surface area contributed by atoms with Crippen LogP contribution in [0.25, 0.3) is 0 Å². The smallest absolute Gasteiger partial charge is 0.240 e. The number of hydrogen-bond donors (Lipinski definition) is 1. The Labute approximate surface area is 156 Å². The number of carbonyl (C=O) groups is 1. The summed E-state index contributed by atoms with van der Waals surface area (Å²) >= 11 is 0. The second kappa shape index (κ2) is 6.94. The van der Waals surface area contributed by atoms with E-state index >= 15 is 0 Å². The van der Waals surface area contributed by atoms with Gasteiger partial charge in [0.25, 0.3) is 0 Å². The molecule has 0 saturated carbocycles. The lowest BCUT2D eigenvalue weighted by atomic mass is 9.87. The fourth-order valence-electron chi connectivity index (χ4n) is 3.63. The number of fused-ring (bicyclic) bond motifs is 1. The van der Waals surface area contributed by atoms with E-state index in [2.05, 4.69) is 4.72 Å². The molecule has 2 heterocycles. The maximum Gasteiger partial charge on any atom is 0.240 e. The molecule has 0 bridgehead atoms. The Hall–Kier alpha value is -1.44. The van der Waals surface area contributed by atoms with E-state index in [0.29, 0.717) is 19.7 Å². The lowest BCUT2D eigenvalue weighted by Crippen LogP contribution is -2.36. The first kappa shape index (κ1) is 19.3. The number of anilines is 1. The molecule has 7 heteroatoms. The van der Waals surface area contributed by atoms with Crippen molar-refractivity contribution in [1.29, 1.82) is 0 Å². The topological polar surface area (TPSA) is 75.7 Å². The van der Waals surface area contributed by atoms with Crippen LogP contribution >= 0.6 is 0 Å². The third-order valence-electron chi connectivity index (χ3n) is 5.14. The van der Waals surface area contributed by atoms with Crippen LogP contribution in [0.1, 0.15) is 46.1 Å². The molecule has 2 aliphatic rings. The summed E-state index contributed by atoms with van der Waals surface area (Å²) in [6.45, 7) is 9.37. The number of sulfonamides is 1. The third kappa shape index (κ3) is 3.66. The molecule has 26 heavy (non-hydrogen) atoms. The molecule has 6 nitrogen and oxygen atoms in total. The molecule has 1 amide bonds. The number of carbonyl (C=O) groups excluding carboxylic acids is 1. The molecule has 1 unspecified atom stereocenters. The summed E-state index contributed by atoms with van der Waals surface area (Å²) in [5.41, 5.74) is 1.42. The Morgan fingerprint density at radius 3 is 2.73 bits per heavy atom. The molecule has 3 rings (SSSR count). The van der Waals surface area contributed by atoms with Crippen LogP contribution < -0.4 is 9.62 Å². The third-order valence-corrected chi connectivity index (χ3v) is 6.56. The molecule has 0 radical (unpaired) electrons. The predicted molar refractivity (Wildman–Crippen MR) is 101 cm³/mol. The van der Waals surface area contributed by atoms with Crippen molar-refractivity contribution in [3.8, 4) is 0 Å². The van der Waals surface area contributed by atoms with Crippen LogP contribution in [0.3, 0.4) is 0 Å². The van der Waals surface area contributed by atoms with Crippen molar-refractivity contribution in [2.75, 3.05) is 24.6 Å². The van der Waals surface area contributed by atoms with Crippen LogP contribution in [0.4, 0.5) is 5.69 Å². The normalized spacial score (nSPS) is 22.0. The largest absolute Gasteiger partial charge is 0.377 e. The lowest BCUT2D eigenvalue weighted by Gasteiger charge is -2.22. The number of hydrogen-bond acceptors (Lipinski definition) is 4. The van der Waals surface area contributed by atoms with Crippen molar-refractivity contribution in [3.63, 3.8) is 0 Å². The number of benzene rings is 1. The molecule has 1 saturated heterocycles. The highest BCUT2D eigenvalue weighted by Gasteiger charge is 2.39. The standard InChI is InChI=1S/C19H28N2O4S/c1-13(2)18(22)21-12-19(3,4)16-10-15(7-8-17(16)21)26(23,24)20-11-14-6-5-9-25-14/h7-8,10,13-14,20H,5-6,9,11-12H2,1-4H3. The molecule has 1 atom stereocenters. The van der Waals surface area contributed by atoms with Gasteiger partial charge in [-0.25, -0.2) is 13.1 Å². The van der Waals surface area contributed by atoms with Gasteiger partial charge in [-0.05, 0) is 36.6 Å². The van der Waals surface area contributed by atoms with Gasteiger partial charge in [-0.1, -0.05) is 27.7 Å². The summed E-state index contributed by atoms with van der Waals surface area (Å²) in [6.07, 6.45) is 1.81. The van der Waals surface area contributed by atoms with Gasteiger partial charge < -0.3 is 9.64 Å². The van der Waals surface area contributed by atoms with E-state index in [0.717, 1.165) is 24.1 Å². The van der Waals surface area contributed by atoms with Gasteiger partial charge in [0, 0.05) is 36.7 Å². The molecule has 1 fully saturated rings. The van der Waals surface area contributed by atoms with Crippen LogP contribution in [0.2, 0.25) is 0 Å². The van der Waals surface area contributed by atoms with Crippen molar-refractivity contribution in [2.24, 2.45) is 5.92 Å². The number of nitrogens with one attached hydrogen (secondary N) is 1. The van der Waals surface area contributed by atoms with Crippen LogP contribution in [0, 0.1) is 5.92 Å². The summed E-state index contributed by atoms with van der Waals surface area (Å²) < 4.78 is 33.5. The average molecular weight is 381 g/mol. The summed E-state index contributed by atoms with van der Waals surface area (Å²) in [7, 11) is -3.61. The quantitative estimate of drug-likeness (QED) is 0.851. The zero-order valence-corrected chi connectivity index (χ0v) is 16.7. The van der Waals surface area contributed by atoms with Gasteiger partial charge in [0.05, 0.1) is 11.0 Å². The first-order chi connectivity index (χ1) is 12.1. The van der Waals surface area contributed by atoms with E-state index in [4.69, 9.17) is 4.74 Å². The highest BCUT2D eigenvalue weighted by Crippen LogP contribution is 2.42. The summed E-state index contributed by atoms with van der Waals surface area (Å²) in [5.74, 6) is -0.0443. The van der Waals surface area contributed by atoms with Crippen molar-refractivity contribution >= 4 is 21.6 Å². The highest BCUT2D eigenvalue weighted by molar-refractivity contribution is 7.89. The van der Waals surface area contributed by atoms with Gasteiger partial charge in [0.15, 0.2) is 0 Å². The highest BCUT2D eigenvalue weighted by atomic mass is 32.2. The monoisotopic (exact) mass is 380 g/mol. The molecule has 1 aromatic carbocycles. The fourth-order valence-corrected chi connectivity index (χ4v) is 4.72. The minimum atomic E-state index is -3.61. The van der Waals surface area contributed by atoms with Gasteiger partial charge in [-0.3, -0.25) is 4.79 Å². The Morgan fingerprint density at radius 1 is 1.38 bits per heavy atom. The van der Waals surface area contributed by atoms with Gasteiger partial charge in [0.1, 0.15) is 0 Å². The molecular formula is C19H28N2O4S. The molecule has 144 valence electrons. The van der Waals surface area contributed by atoms with Crippen molar-refractivity contribution < 1.29 is 17.9 Å². The van der Waals surface area contributed by atoms with Crippen LogP contribution in [-0.2, 0) is 25.0 Å². The molecule has 1 aromatic rings. The van der Waals surface area contributed by atoms with Crippen LogP contribution in [-0.4, -0.2) is 40.1 Å². The minimum Gasteiger partial charge on any atom is -0.377 e. The van der Waals surface area contributed by atoms with Gasteiger partial charge in [-0.15, -0.1) is 0 Å². The molecule has 2 aliphatic heterocycles. The molecule has 0 aliphatic carbocycles. The predicted octanol–water partition coefficient (Wildman–Crippen LogP) is 2.42. The second-order valence-corrected chi connectivity index (χ2v) is 9.90. The first-order valence-corrected chi connectivity index (χ1v) is 10.7. The van der Waals surface area contributed by atoms with Crippen molar-refractivity contribution in [1.82, 2.24) is 4.72 Å². The number of rotatable bonds is 5. The SMILES string of the molecule is CC(C)C(=O)N1CC(C)(C)c2cc(S(=O)(=O)NCC3CCCO3)ccc21. The second-order valence-electron chi connectivity index (χ2n) is 8.13. The zero-order chi connectivity index (χ0) is 19.1. The fraction of sp³-hybridized carbons (Fsp3) is 0.632. The Balaban J connectivity index is 1.86. The van der Waals surface area contributed by atoms with Gasteiger partial charge in [0.2, 0.25) is 15.9 Å². The van der Waals surface area contributed by atoms with E-state index in [9.17, 15) is 13.2 Å². The zero-order valence-electron chi connectivity index (χ0n) is 15.9. The molecule has 0 aromatic heterocycles. The van der Waals surface area contributed by atoms with E-state index < -0.39 is 10.0 Å². The number of ether oxygens (including phenoxy) is 1. The summed E-state index contributed by atoms with van der Waals surface area (Å²) in [6, 6.07) is 5.05. The Kier molecular flexibility index (Phi) is 5.16. The summed E-state index contributed by atoms with van der Waals surface area (Å²) in [4.78, 5) is 14.5. The number of nitrogens with zero attached hydrogens (tertiary/aromatic N) is 1. The van der Waals surface area contributed by atoms with E-state index in [-0.39, 0.29) is 28.2 Å². The van der Waals surface area contributed by atoms with E-state index in [1.165, 1.54) is 0 Å². The van der Waals surface area contributed by atoms with E-state index in [1.807, 2.05) is 27.7 Å².